The minimum absolute atomic E-state index is 0.000104. The SMILES string of the molecule is N#Cc1cnn(C2CN(C(=O)c3cc4ccccc4[nH]3)C2)c1. The molecule has 1 N–H and O–H groups in total. The average Bonchev–Trinajstić information content (AvgIpc) is 3.12. The maximum absolute atomic E-state index is 12.4. The molecular formula is C16H13N5O. The Hall–Kier alpha value is -3.07. The number of nitriles is 1. The van der Waals surface area contributed by atoms with Crippen LogP contribution < -0.4 is 0 Å². The van der Waals surface area contributed by atoms with E-state index in [1.165, 1.54) is 0 Å². The number of carbonyl (C=O) groups is 1. The number of benzene rings is 1. The molecule has 0 spiro atoms. The van der Waals surface area contributed by atoms with Crippen LogP contribution >= 0.6 is 0 Å². The van der Waals surface area contributed by atoms with E-state index in [9.17, 15) is 4.79 Å². The summed E-state index contributed by atoms with van der Waals surface area (Å²) < 4.78 is 1.76. The number of aromatic amines is 1. The first-order valence-corrected chi connectivity index (χ1v) is 7.06. The third kappa shape index (κ3) is 1.95. The number of hydrogen-bond donors (Lipinski definition) is 1. The molecule has 0 bridgehead atoms. The lowest BCUT2D eigenvalue weighted by Gasteiger charge is -2.38. The first-order valence-electron chi connectivity index (χ1n) is 7.06. The van der Waals surface area contributed by atoms with Crippen molar-refractivity contribution in [1.29, 1.82) is 5.26 Å². The van der Waals surface area contributed by atoms with Crippen molar-refractivity contribution in [2.75, 3.05) is 13.1 Å². The van der Waals surface area contributed by atoms with E-state index in [1.807, 2.05) is 30.3 Å². The standard InChI is InChI=1S/C16H13N5O/c17-6-11-7-18-21(8-11)13-9-20(10-13)16(22)15-5-12-3-1-2-4-14(12)19-15/h1-5,7-8,13,19H,9-10H2. The van der Waals surface area contributed by atoms with E-state index >= 15 is 0 Å². The van der Waals surface area contributed by atoms with Crippen LogP contribution in [0.4, 0.5) is 0 Å². The summed E-state index contributed by atoms with van der Waals surface area (Å²) in [5, 5.41) is 14.0. The third-order valence-electron chi connectivity index (χ3n) is 4.01. The number of para-hydroxylation sites is 1. The van der Waals surface area contributed by atoms with Crippen LogP contribution in [0.3, 0.4) is 0 Å². The summed E-state index contributed by atoms with van der Waals surface area (Å²) in [7, 11) is 0. The monoisotopic (exact) mass is 291 g/mol. The van der Waals surface area contributed by atoms with Gasteiger partial charge in [-0.1, -0.05) is 18.2 Å². The maximum Gasteiger partial charge on any atom is 0.270 e. The van der Waals surface area contributed by atoms with E-state index in [4.69, 9.17) is 5.26 Å². The molecule has 0 radical (unpaired) electrons. The van der Waals surface area contributed by atoms with Crippen molar-refractivity contribution in [3.63, 3.8) is 0 Å². The molecule has 3 heterocycles. The molecule has 2 aromatic heterocycles. The van der Waals surface area contributed by atoms with Gasteiger partial charge < -0.3 is 9.88 Å². The zero-order valence-electron chi connectivity index (χ0n) is 11.7. The first-order chi connectivity index (χ1) is 10.7. The topological polar surface area (TPSA) is 77.7 Å². The molecule has 6 nitrogen and oxygen atoms in total. The smallest absolute Gasteiger partial charge is 0.270 e. The number of rotatable bonds is 2. The second-order valence-corrected chi connectivity index (χ2v) is 5.46. The van der Waals surface area contributed by atoms with E-state index in [0.29, 0.717) is 24.3 Å². The normalized spacial score (nSPS) is 14.8. The fourth-order valence-electron chi connectivity index (χ4n) is 2.74. The Morgan fingerprint density at radius 2 is 2.18 bits per heavy atom. The van der Waals surface area contributed by atoms with Crippen LogP contribution in [0.15, 0.2) is 42.7 Å². The van der Waals surface area contributed by atoms with Gasteiger partial charge in [-0.3, -0.25) is 9.48 Å². The van der Waals surface area contributed by atoms with E-state index in [1.54, 1.807) is 22.0 Å². The summed E-state index contributed by atoms with van der Waals surface area (Å²) >= 11 is 0. The van der Waals surface area contributed by atoms with Crippen LogP contribution in [0.5, 0.6) is 0 Å². The van der Waals surface area contributed by atoms with Crippen LogP contribution in [-0.2, 0) is 0 Å². The van der Waals surface area contributed by atoms with Gasteiger partial charge >= 0.3 is 0 Å². The molecule has 1 aliphatic heterocycles. The number of nitrogens with one attached hydrogen (secondary N) is 1. The van der Waals surface area contributed by atoms with E-state index < -0.39 is 0 Å². The van der Waals surface area contributed by atoms with Gasteiger partial charge in [0.25, 0.3) is 5.91 Å². The summed E-state index contributed by atoms with van der Waals surface area (Å²) in [6, 6.07) is 11.9. The lowest BCUT2D eigenvalue weighted by Crippen LogP contribution is -2.50. The summed E-state index contributed by atoms with van der Waals surface area (Å²) in [5.74, 6) is 0.000104. The molecule has 0 aliphatic carbocycles. The fraction of sp³-hybridized carbons (Fsp3) is 0.188. The van der Waals surface area contributed by atoms with Crippen molar-refractivity contribution >= 4 is 16.8 Å². The van der Waals surface area contributed by atoms with Gasteiger partial charge in [0.05, 0.1) is 17.8 Å². The molecule has 6 heteroatoms. The molecule has 22 heavy (non-hydrogen) atoms. The van der Waals surface area contributed by atoms with Crippen LogP contribution in [0.1, 0.15) is 22.1 Å². The molecule has 108 valence electrons. The molecule has 0 atom stereocenters. The second-order valence-electron chi connectivity index (χ2n) is 5.46. The van der Waals surface area contributed by atoms with Gasteiger partial charge in [-0.15, -0.1) is 0 Å². The number of nitrogens with zero attached hydrogens (tertiary/aromatic N) is 4. The van der Waals surface area contributed by atoms with Crippen molar-refractivity contribution in [3.05, 3.63) is 54.0 Å². The van der Waals surface area contributed by atoms with Gasteiger partial charge in [-0.2, -0.15) is 10.4 Å². The van der Waals surface area contributed by atoms with Crippen molar-refractivity contribution in [2.45, 2.75) is 6.04 Å². The summed E-state index contributed by atoms with van der Waals surface area (Å²) in [6.07, 6.45) is 3.26. The van der Waals surface area contributed by atoms with Crippen LogP contribution in [-0.4, -0.2) is 38.7 Å². The minimum atomic E-state index is 0.000104. The molecule has 1 aromatic carbocycles. The minimum Gasteiger partial charge on any atom is -0.351 e. The number of hydrogen-bond acceptors (Lipinski definition) is 3. The number of likely N-dealkylation sites (tertiary alicyclic amines) is 1. The van der Waals surface area contributed by atoms with Crippen molar-refractivity contribution < 1.29 is 4.79 Å². The highest BCUT2D eigenvalue weighted by Crippen LogP contribution is 2.24. The molecule has 1 saturated heterocycles. The highest BCUT2D eigenvalue weighted by Gasteiger charge is 2.33. The third-order valence-corrected chi connectivity index (χ3v) is 4.01. The van der Waals surface area contributed by atoms with E-state index in [-0.39, 0.29) is 11.9 Å². The summed E-state index contributed by atoms with van der Waals surface area (Å²) in [6.45, 7) is 1.22. The van der Waals surface area contributed by atoms with Crippen LogP contribution in [0.2, 0.25) is 0 Å². The Morgan fingerprint density at radius 3 is 2.91 bits per heavy atom. The van der Waals surface area contributed by atoms with Crippen molar-refractivity contribution in [3.8, 4) is 6.07 Å². The van der Waals surface area contributed by atoms with Crippen LogP contribution in [0.25, 0.3) is 10.9 Å². The second kappa shape index (κ2) is 4.74. The maximum atomic E-state index is 12.4. The molecule has 1 amide bonds. The number of aromatic nitrogens is 3. The summed E-state index contributed by atoms with van der Waals surface area (Å²) in [5.41, 5.74) is 2.12. The summed E-state index contributed by atoms with van der Waals surface area (Å²) in [4.78, 5) is 17.4. The molecule has 4 rings (SSSR count). The Morgan fingerprint density at radius 1 is 1.36 bits per heavy atom. The Labute approximate surface area is 126 Å². The largest absolute Gasteiger partial charge is 0.351 e. The molecule has 0 unspecified atom stereocenters. The zero-order chi connectivity index (χ0) is 15.1. The molecule has 3 aromatic rings. The number of H-pyrrole nitrogens is 1. The Kier molecular flexibility index (Phi) is 2.73. The predicted octanol–water partition coefficient (Wildman–Crippen LogP) is 1.93. The van der Waals surface area contributed by atoms with Gasteiger partial charge in [-0.25, -0.2) is 0 Å². The number of amides is 1. The zero-order valence-corrected chi connectivity index (χ0v) is 11.7. The van der Waals surface area contributed by atoms with Crippen molar-refractivity contribution in [2.24, 2.45) is 0 Å². The predicted molar refractivity (Wildman–Crippen MR) is 80.2 cm³/mol. The molecular weight excluding hydrogens is 278 g/mol. The number of carbonyl (C=O) groups excluding carboxylic acids is 1. The highest BCUT2D eigenvalue weighted by molar-refractivity contribution is 5.98. The van der Waals surface area contributed by atoms with E-state index in [0.717, 1.165) is 10.9 Å². The van der Waals surface area contributed by atoms with Gasteiger partial charge in [0.15, 0.2) is 0 Å². The van der Waals surface area contributed by atoms with Crippen LogP contribution in [0, 0.1) is 11.3 Å². The fourth-order valence-corrected chi connectivity index (χ4v) is 2.74. The molecule has 1 fully saturated rings. The van der Waals surface area contributed by atoms with Gasteiger partial charge in [-0.05, 0) is 12.1 Å². The average molecular weight is 291 g/mol. The molecule has 1 aliphatic rings. The van der Waals surface area contributed by atoms with Gasteiger partial charge in [0.1, 0.15) is 11.8 Å². The first kappa shape index (κ1) is 12.7. The Balaban J connectivity index is 1.48. The lowest BCUT2D eigenvalue weighted by molar-refractivity contribution is 0.0496. The Bertz CT molecular complexity index is 862. The highest BCUT2D eigenvalue weighted by atomic mass is 16.2. The molecule has 0 saturated carbocycles. The van der Waals surface area contributed by atoms with Crippen molar-refractivity contribution in [1.82, 2.24) is 19.7 Å². The lowest BCUT2D eigenvalue weighted by atomic mass is 10.1. The van der Waals surface area contributed by atoms with Gasteiger partial charge in [0, 0.05) is 30.2 Å². The number of fused-ring (bicyclic) bond motifs is 1. The van der Waals surface area contributed by atoms with Gasteiger partial charge in [0.2, 0.25) is 0 Å². The quantitative estimate of drug-likeness (QED) is 0.783. The van der Waals surface area contributed by atoms with E-state index in [2.05, 4.69) is 16.2 Å².